The average molecular weight is 350 g/mol. The van der Waals surface area contributed by atoms with Crippen molar-refractivity contribution in [2.24, 2.45) is 0 Å². The predicted molar refractivity (Wildman–Crippen MR) is 80.8 cm³/mol. The van der Waals surface area contributed by atoms with Crippen LogP contribution in [0, 0.1) is 0 Å². The molecule has 20 heavy (non-hydrogen) atoms. The molecule has 0 saturated carbocycles. The zero-order valence-corrected chi connectivity index (χ0v) is 12.4. The van der Waals surface area contributed by atoms with Crippen molar-refractivity contribution in [3.8, 4) is 27.8 Å². The Bertz CT molecular complexity index is 815. The van der Waals surface area contributed by atoms with E-state index in [1.54, 1.807) is 29.8 Å². The van der Waals surface area contributed by atoms with Gasteiger partial charge in [-0.3, -0.25) is 4.79 Å². The summed E-state index contributed by atoms with van der Waals surface area (Å²) in [4.78, 5) is 22.9. The van der Waals surface area contributed by atoms with Crippen LogP contribution in [0.15, 0.2) is 45.1 Å². The lowest BCUT2D eigenvalue weighted by molar-refractivity contribution is 0.454. The highest BCUT2D eigenvalue weighted by Crippen LogP contribution is 2.31. The molecular formula is C13H8BrN3O2S. The molecular weight excluding hydrogens is 342 g/mol. The fraction of sp³-hybridized carbons (Fsp3) is 0. The monoisotopic (exact) mass is 349 g/mol. The fourth-order valence-electron chi connectivity index (χ4n) is 1.81. The molecule has 0 saturated heterocycles. The molecule has 3 aromatic rings. The van der Waals surface area contributed by atoms with E-state index in [4.69, 9.17) is 0 Å². The minimum Gasteiger partial charge on any atom is -0.493 e. The van der Waals surface area contributed by atoms with Crippen LogP contribution in [-0.2, 0) is 0 Å². The van der Waals surface area contributed by atoms with E-state index in [2.05, 4.69) is 30.9 Å². The van der Waals surface area contributed by atoms with Crippen LogP contribution in [0.25, 0.3) is 22.0 Å². The number of halogens is 1. The van der Waals surface area contributed by atoms with Gasteiger partial charge in [-0.2, -0.15) is 4.98 Å². The van der Waals surface area contributed by atoms with Gasteiger partial charge in [-0.25, -0.2) is 4.98 Å². The van der Waals surface area contributed by atoms with Crippen LogP contribution < -0.4 is 5.56 Å². The maximum atomic E-state index is 12.2. The topological polar surface area (TPSA) is 78.9 Å². The molecule has 0 aliphatic rings. The quantitative estimate of drug-likeness (QED) is 0.745. The van der Waals surface area contributed by atoms with Crippen LogP contribution in [0.3, 0.4) is 0 Å². The van der Waals surface area contributed by atoms with E-state index in [1.165, 1.54) is 11.3 Å². The third-order valence-electron chi connectivity index (χ3n) is 2.68. The van der Waals surface area contributed by atoms with Gasteiger partial charge in [0.1, 0.15) is 5.56 Å². The first-order chi connectivity index (χ1) is 9.66. The average Bonchev–Trinajstić information content (AvgIpc) is 2.94. The molecule has 7 heteroatoms. The van der Waals surface area contributed by atoms with Gasteiger partial charge in [0.2, 0.25) is 5.88 Å². The molecule has 0 aliphatic heterocycles. The number of aromatic amines is 1. The number of aromatic nitrogens is 3. The Morgan fingerprint density at radius 3 is 2.75 bits per heavy atom. The summed E-state index contributed by atoms with van der Waals surface area (Å²) in [5.41, 5.74) is 0.316. The van der Waals surface area contributed by atoms with Gasteiger partial charge < -0.3 is 10.1 Å². The molecule has 0 fully saturated rings. The van der Waals surface area contributed by atoms with Crippen molar-refractivity contribution in [1.29, 1.82) is 0 Å². The van der Waals surface area contributed by atoms with E-state index in [-0.39, 0.29) is 17.3 Å². The molecule has 0 atom stereocenters. The highest BCUT2D eigenvalue weighted by molar-refractivity contribution is 9.10. The Morgan fingerprint density at radius 1 is 1.30 bits per heavy atom. The SMILES string of the molecule is O=c1[nH]c(-c2nccs2)nc(O)c1-c1ccccc1Br. The Labute approximate surface area is 126 Å². The van der Waals surface area contributed by atoms with Crippen LogP contribution in [0.5, 0.6) is 5.88 Å². The standard InChI is InChI=1S/C13H8BrN3O2S/c14-8-4-2-1-3-7(8)9-11(18)16-10(17-12(9)19)13-15-5-6-20-13/h1-6H,(H2,16,17,18,19). The molecule has 100 valence electrons. The summed E-state index contributed by atoms with van der Waals surface area (Å²) in [5.74, 6) is -0.0517. The number of H-pyrrole nitrogens is 1. The maximum Gasteiger partial charge on any atom is 0.263 e. The Hall–Kier alpha value is -1.99. The number of benzene rings is 1. The molecule has 2 aromatic heterocycles. The number of nitrogens with one attached hydrogen (secondary N) is 1. The summed E-state index contributed by atoms with van der Waals surface area (Å²) in [6.07, 6.45) is 1.61. The van der Waals surface area contributed by atoms with Crippen molar-refractivity contribution in [2.45, 2.75) is 0 Å². The van der Waals surface area contributed by atoms with Crippen molar-refractivity contribution in [2.75, 3.05) is 0 Å². The predicted octanol–water partition coefficient (Wildman–Crippen LogP) is 3.03. The third-order valence-corrected chi connectivity index (χ3v) is 4.15. The van der Waals surface area contributed by atoms with Gasteiger partial charge in [0.25, 0.3) is 5.56 Å². The summed E-state index contributed by atoms with van der Waals surface area (Å²) in [6.45, 7) is 0. The van der Waals surface area contributed by atoms with Crippen molar-refractivity contribution < 1.29 is 5.11 Å². The Morgan fingerprint density at radius 2 is 2.10 bits per heavy atom. The number of nitrogens with zero attached hydrogens (tertiary/aromatic N) is 2. The summed E-state index contributed by atoms with van der Waals surface area (Å²) in [5, 5.41) is 12.4. The van der Waals surface area contributed by atoms with E-state index in [1.807, 2.05) is 6.07 Å². The van der Waals surface area contributed by atoms with Crippen LogP contribution in [0.1, 0.15) is 0 Å². The van der Waals surface area contributed by atoms with Crippen molar-refractivity contribution in [3.05, 3.63) is 50.7 Å². The van der Waals surface area contributed by atoms with Crippen LogP contribution in [0.2, 0.25) is 0 Å². The largest absolute Gasteiger partial charge is 0.493 e. The lowest BCUT2D eigenvalue weighted by Crippen LogP contribution is -2.12. The summed E-state index contributed by atoms with van der Waals surface area (Å²) < 4.78 is 0.713. The third kappa shape index (κ3) is 2.25. The van der Waals surface area contributed by atoms with Crippen molar-refractivity contribution >= 4 is 27.3 Å². The number of hydrogen-bond acceptors (Lipinski definition) is 5. The van der Waals surface area contributed by atoms with Crippen LogP contribution >= 0.6 is 27.3 Å². The van der Waals surface area contributed by atoms with Gasteiger partial charge in [-0.1, -0.05) is 34.1 Å². The molecule has 0 spiro atoms. The number of aromatic hydroxyl groups is 1. The van der Waals surface area contributed by atoms with Gasteiger partial charge in [-0.05, 0) is 6.07 Å². The second-order valence-corrected chi connectivity index (χ2v) is 5.68. The molecule has 0 aliphatic carbocycles. The maximum absolute atomic E-state index is 12.2. The first-order valence-electron chi connectivity index (χ1n) is 5.65. The molecule has 3 rings (SSSR count). The zero-order chi connectivity index (χ0) is 14.1. The molecule has 1 aromatic carbocycles. The lowest BCUT2D eigenvalue weighted by atomic mass is 10.1. The first kappa shape index (κ1) is 13.0. The molecule has 5 nitrogen and oxygen atoms in total. The summed E-state index contributed by atoms with van der Waals surface area (Å²) >= 11 is 4.69. The van der Waals surface area contributed by atoms with Gasteiger partial charge in [-0.15, -0.1) is 11.3 Å². The Kier molecular flexibility index (Phi) is 3.37. The molecule has 2 N–H and O–H groups in total. The molecule has 0 radical (unpaired) electrons. The minimum atomic E-state index is -0.408. The number of hydrogen-bond donors (Lipinski definition) is 2. The normalized spacial score (nSPS) is 10.7. The Balaban J connectivity index is 2.20. The fourth-order valence-corrected chi connectivity index (χ4v) is 2.87. The van der Waals surface area contributed by atoms with Crippen molar-refractivity contribution in [3.63, 3.8) is 0 Å². The molecule has 0 unspecified atom stereocenters. The first-order valence-corrected chi connectivity index (χ1v) is 7.32. The highest BCUT2D eigenvalue weighted by atomic mass is 79.9. The van der Waals surface area contributed by atoms with Gasteiger partial charge >= 0.3 is 0 Å². The summed E-state index contributed by atoms with van der Waals surface area (Å²) in [7, 11) is 0. The molecule has 0 amide bonds. The number of thiazole rings is 1. The second-order valence-electron chi connectivity index (χ2n) is 3.93. The van der Waals surface area contributed by atoms with E-state index >= 15 is 0 Å². The van der Waals surface area contributed by atoms with Crippen LogP contribution in [0.4, 0.5) is 0 Å². The lowest BCUT2D eigenvalue weighted by Gasteiger charge is -2.06. The van der Waals surface area contributed by atoms with Gasteiger partial charge in [0.15, 0.2) is 10.8 Å². The molecule has 2 heterocycles. The zero-order valence-electron chi connectivity index (χ0n) is 10.0. The van der Waals surface area contributed by atoms with E-state index < -0.39 is 5.56 Å². The van der Waals surface area contributed by atoms with E-state index in [0.717, 1.165) is 0 Å². The van der Waals surface area contributed by atoms with Crippen molar-refractivity contribution in [1.82, 2.24) is 15.0 Å². The summed E-state index contributed by atoms with van der Waals surface area (Å²) in [6, 6.07) is 7.14. The van der Waals surface area contributed by atoms with E-state index in [9.17, 15) is 9.90 Å². The second kappa shape index (κ2) is 5.18. The van der Waals surface area contributed by atoms with Gasteiger partial charge in [0, 0.05) is 21.6 Å². The van der Waals surface area contributed by atoms with E-state index in [0.29, 0.717) is 15.0 Å². The van der Waals surface area contributed by atoms with Gasteiger partial charge in [0.05, 0.1) is 0 Å². The number of rotatable bonds is 2. The smallest absolute Gasteiger partial charge is 0.263 e. The molecule has 0 bridgehead atoms. The van der Waals surface area contributed by atoms with Crippen LogP contribution in [-0.4, -0.2) is 20.1 Å². The minimum absolute atomic E-state index is 0.137. The highest BCUT2D eigenvalue weighted by Gasteiger charge is 2.16.